The van der Waals surface area contributed by atoms with Crippen molar-refractivity contribution >= 4 is 10.9 Å². The molecule has 6 heteroatoms. The van der Waals surface area contributed by atoms with Crippen molar-refractivity contribution in [2.24, 2.45) is 0 Å². The molecular weight excluding hydrogens is 378 g/mol. The minimum absolute atomic E-state index is 0.0695. The molecule has 5 rings (SSSR count). The van der Waals surface area contributed by atoms with Gasteiger partial charge in [0.1, 0.15) is 23.0 Å². The van der Waals surface area contributed by atoms with Crippen LogP contribution in [-0.4, -0.2) is 20.1 Å². The number of aryl methyl sites for hydroxylation is 1. The molecule has 0 aliphatic heterocycles. The number of hydrogen-bond donors (Lipinski definition) is 2. The highest BCUT2D eigenvalue weighted by molar-refractivity contribution is 5.85. The number of rotatable bonds is 3. The fourth-order valence-electron chi connectivity index (χ4n) is 3.48. The molecule has 0 saturated carbocycles. The summed E-state index contributed by atoms with van der Waals surface area (Å²) in [4.78, 5) is 24.5. The summed E-state index contributed by atoms with van der Waals surface area (Å²) in [5.41, 5.74) is 3.11. The number of benzene rings is 2. The van der Waals surface area contributed by atoms with E-state index in [1.807, 2.05) is 60.7 Å². The van der Waals surface area contributed by atoms with Crippen molar-refractivity contribution in [1.29, 1.82) is 0 Å². The predicted molar refractivity (Wildman–Crippen MR) is 115 cm³/mol. The quantitative estimate of drug-likeness (QED) is 0.452. The molecule has 2 N–H and O–H groups in total. The van der Waals surface area contributed by atoms with E-state index in [2.05, 4.69) is 9.97 Å². The van der Waals surface area contributed by atoms with Gasteiger partial charge in [-0.15, -0.1) is 0 Å². The maximum absolute atomic E-state index is 12.2. The van der Waals surface area contributed by atoms with Gasteiger partial charge < -0.3 is 14.5 Å². The van der Waals surface area contributed by atoms with Crippen LogP contribution in [0.4, 0.5) is 0 Å². The number of hydrogen-bond acceptors (Lipinski definition) is 5. The van der Waals surface area contributed by atoms with Gasteiger partial charge in [0, 0.05) is 28.8 Å². The number of H-pyrrole nitrogens is 1. The van der Waals surface area contributed by atoms with Crippen molar-refractivity contribution in [2.45, 2.75) is 6.92 Å². The Morgan fingerprint density at radius 3 is 2.63 bits per heavy atom. The van der Waals surface area contributed by atoms with Crippen LogP contribution < -0.4 is 5.43 Å². The van der Waals surface area contributed by atoms with Gasteiger partial charge in [0.05, 0.1) is 5.52 Å². The largest absolute Gasteiger partial charge is 0.501 e. The first-order valence-corrected chi connectivity index (χ1v) is 9.45. The topological polar surface area (TPSA) is 92.0 Å². The number of aromatic nitrogens is 3. The van der Waals surface area contributed by atoms with Crippen molar-refractivity contribution in [3.63, 3.8) is 0 Å². The Balaban J connectivity index is 1.76. The third-order valence-electron chi connectivity index (χ3n) is 4.90. The van der Waals surface area contributed by atoms with Crippen molar-refractivity contribution < 1.29 is 9.52 Å². The highest BCUT2D eigenvalue weighted by atomic mass is 16.4. The summed E-state index contributed by atoms with van der Waals surface area (Å²) in [6, 6.07) is 20.5. The lowest BCUT2D eigenvalue weighted by molar-refractivity contribution is 0.429. The molecular formula is C24H17N3O3. The molecule has 0 saturated heterocycles. The maximum atomic E-state index is 12.2. The summed E-state index contributed by atoms with van der Waals surface area (Å²) < 4.78 is 5.73. The van der Waals surface area contributed by atoms with Gasteiger partial charge in [0.2, 0.25) is 11.2 Å². The Kier molecular flexibility index (Phi) is 4.17. The summed E-state index contributed by atoms with van der Waals surface area (Å²) >= 11 is 0. The fraction of sp³-hybridized carbons (Fsp3) is 0.0417. The first kappa shape index (κ1) is 17.9. The summed E-state index contributed by atoms with van der Waals surface area (Å²) in [5, 5.41) is 11.4. The van der Waals surface area contributed by atoms with Gasteiger partial charge in [0.25, 0.3) is 0 Å². The van der Waals surface area contributed by atoms with Gasteiger partial charge in [-0.1, -0.05) is 36.4 Å². The number of nitrogens with zero attached hydrogens (tertiary/aromatic N) is 2. The van der Waals surface area contributed by atoms with Crippen molar-refractivity contribution in [1.82, 2.24) is 15.0 Å². The summed E-state index contributed by atoms with van der Waals surface area (Å²) in [6.07, 6.45) is 1.75. The molecule has 30 heavy (non-hydrogen) atoms. The van der Waals surface area contributed by atoms with Crippen LogP contribution in [0.15, 0.2) is 82.1 Å². The Bertz CT molecular complexity index is 1440. The molecule has 0 radical (unpaired) electrons. The average molecular weight is 395 g/mol. The predicted octanol–water partition coefficient (Wildman–Crippen LogP) is 4.93. The Labute approximate surface area is 171 Å². The summed E-state index contributed by atoms with van der Waals surface area (Å²) in [6.45, 7) is 1.67. The minimum Gasteiger partial charge on any atom is -0.501 e. The lowest BCUT2D eigenvalue weighted by atomic mass is 10.1. The average Bonchev–Trinajstić information content (AvgIpc) is 3.22. The fourth-order valence-corrected chi connectivity index (χ4v) is 3.48. The Hall–Kier alpha value is -4.19. The molecule has 3 aromatic heterocycles. The van der Waals surface area contributed by atoms with E-state index in [-0.39, 0.29) is 5.76 Å². The number of pyridine rings is 1. The van der Waals surface area contributed by atoms with Gasteiger partial charge >= 0.3 is 0 Å². The molecule has 0 fully saturated rings. The summed E-state index contributed by atoms with van der Waals surface area (Å²) in [7, 11) is 0. The minimum atomic E-state index is -0.499. The maximum Gasteiger partial charge on any atom is 0.227 e. The molecule has 2 aromatic carbocycles. The van der Waals surface area contributed by atoms with E-state index in [1.54, 1.807) is 13.1 Å². The molecule has 0 bridgehead atoms. The zero-order chi connectivity index (χ0) is 20.7. The van der Waals surface area contributed by atoms with Gasteiger partial charge in [-0.2, -0.15) is 0 Å². The van der Waals surface area contributed by atoms with Crippen molar-refractivity contribution in [3.05, 3.63) is 88.9 Å². The molecule has 3 heterocycles. The molecule has 0 amide bonds. The van der Waals surface area contributed by atoms with Crippen LogP contribution in [0.25, 0.3) is 45.0 Å². The monoisotopic (exact) mass is 395 g/mol. The molecule has 0 atom stereocenters. The molecule has 0 spiro atoms. The third-order valence-corrected chi connectivity index (χ3v) is 4.90. The number of imidazole rings is 1. The highest BCUT2D eigenvalue weighted by Gasteiger charge is 2.21. The Morgan fingerprint density at radius 1 is 0.967 bits per heavy atom. The second-order valence-electron chi connectivity index (χ2n) is 6.98. The molecule has 5 aromatic rings. The molecule has 0 unspecified atom stereocenters. The lowest BCUT2D eigenvalue weighted by Crippen LogP contribution is -2.01. The van der Waals surface area contributed by atoms with Crippen LogP contribution in [0.1, 0.15) is 5.76 Å². The molecule has 0 aliphatic rings. The number of aromatic amines is 1. The van der Waals surface area contributed by atoms with Crippen LogP contribution >= 0.6 is 0 Å². The smallest absolute Gasteiger partial charge is 0.227 e. The number of aromatic hydroxyl groups is 1. The second-order valence-corrected chi connectivity index (χ2v) is 6.98. The van der Waals surface area contributed by atoms with Crippen LogP contribution in [0.3, 0.4) is 0 Å². The van der Waals surface area contributed by atoms with Crippen LogP contribution in [0, 0.1) is 6.92 Å². The first-order valence-electron chi connectivity index (χ1n) is 9.45. The standard InChI is InChI=1S/C24H17N3O3/c1-14-12-19(28)22(29)23(30-14)21-20(15-6-3-2-4-7-15)26-24(27-21)17-9-10-18-16(13-17)8-5-11-25-18/h2-13,29H,1H3,(H,26,27). The van der Waals surface area contributed by atoms with E-state index in [9.17, 15) is 9.90 Å². The third kappa shape index (κ3) is 3.04. The van der Waals surface area contributed by atoms with Crippen molar-refractivity contribution in [2.75, 3.05) is 0 Å². The first-order chi connectivity index (χ1) is 14.6. The van der Waals surface area contributed by atoms with Crippen molar-refractivity contribution in [3.8, 4) is 39.8 Å². The van der Waals surface area contributed by atoms with E-state index in [1.165, 1.54) is 6.07 Å². The summed E-state index contributed by atoms with van der Waals surface area (Å²) in [5.74, 6) is 0.619. The molecule has 146 valence electrons. The van der Waals surface area contributed by atoms with E-state index in [4.69, 9.17) is 9.40 Å². The Morgan fingerprint density at radius 2 is 1.80 bits per heavy atom. The van der Waals surface area contributed by atoms with Gasteiger partial charge in [-0.3, -0.25) is 9.78 Å². The van der Waals surface area contributed by atoms with E-state index < -0.39 is 11.2 Å². The van der Waals surface area contributed by atoms with Crippen LogP contribution in [-0.2, 0) is 0 Å². The van der Waals surface area contributed by atoms with E-state index in [0.717, 1.165) is 22.0 Å². The molecule has 0 aliphatic carbocycles. The number of fused-ring (bicyclic) bond motifs is 1. The van der Waals surface area contributed by atoms with Crippen LogP contribution in [0.5, 0.6) is 5.75 Å². The lowest BCUT2D eigenvalue weighted by Gasteiger charge is -2.05. The highest BCUT2D eigenvalue weighted by Crippen LogP contribution is 2.36. The second kappa shape index (κ2) is 7.00. The number of nitrogens with one attached hydrogen (secondary N) is 1. The SMILES string of the molecule is Cc1cc(=O)c(O)c(-c2[nH]c(-c3ccc4ncccc4c3)nc2-c2ccccc2)o1. The van der Waals surface area contributed by atoms with E-state index in [0.29, 0.717) is 23.0 Å². The normalized spacial score (nSPS) is 11.1. The van der Waals surface area contributed by atoms with Gasteiger partial charge in [0.15, 0.2) is 5.76 Å². The zero-order valence-electron chi connectivity index (χ0n) is 16.1. The zero-order valence-corrected chi connectivity index (χ0v) is 16.1. The van der Waals surface area contributed by atoms with Gasteiger partial charge in [-0.25, -0.2) is 4.98 Å². The van der Waals surface area contributed by atoms with E-state index >= 15 is 0 Å². The van der Waals surface area contributed by atoms with Crippen LogP contribution in [0.2, 0.25) is 0 Å². The van der Waals surface area contributed by atoms with Gasteiger partial charge in [-0.05, 0) is 31.2 Å². The molecule has 6 nitrogen and oxygen atoms in total.